The van der Waals surface area contributed by atoms with Crippen LogP contribution in [0, 0.1) is 19.8 Å². The largest absolute Gasteiger partial charge is 0.376 e. The molecule has 0 spiro atoms. The van der Waals surface area contributed by atoms with E-state index in [2.05, 4.69) is 58.3 Å². The number of H-pyrrole nitrogens is 1. The van der Waals surface area contributed by atoms with Crippen LogP contribution in [0.2, 0.25) is 0 Å². The van der Waals surface area contributed by atoms with Gasteiger partial charge in [-0.1, -0.05) is 13.0 Å². The lowest BCUT2D eigenvalue weighted by Gasteiger charge is -2.36. The molecule has 3 atom stereocenters. The number of aromatic amines is 1. The maximum atomic E-state index is 13.4. The van der Waals surface area contributed by atoms with E-state index < -0.39 is 0 Å². The van der Waals surface area contributed by atoms with Crippen LogP contribution < -0.4 is 5.56 Å². The molecule has 0 saturated carbocycles. The van der Waals surface area contributed by atoms with Gasteiger partial charge in [0.2, 0.25) is 0 Å². The molecule has 5 rings (SSSR count). The number of aromatic nitrogens is 5. The normalized spacial score (nSPS) is 23.1. The van der Waals surface area contributed by atoms with Gasteiger partial charge in [-0.15, -0.1) is 5.10 Å². The van der Waals surface area contributed by atoms with E-state index in [0.717, 1.165) is 66.8 Å². The first-order valence-corrected chi connectivity index (χ1v) is 11.8. The molecule has 32 heavy (non-hydrogen) atoms. The summed E-state index contributed by atoms with van der Waals surface area (Å²) in [6.45, 7) is 9.67. The fourth-order valence-electron chi connectivity index (χ4n) is 5.37. The fraction of sp³-hybridized carbons (Fsp3) is 0.583. The Morgan fingerprint density at radius 2 is 2.09 bits per heavy atom. The van der Waals surface area contributed by atoms with Crippen LogP contribution in [0.4, 0.5) is 0 Å². The van der Waals surface area contributed by atoms with E-state index in [-0.39, 0.29) is 17.7 Å². The Labute approximate surface area is 188 Å². The van der Waals surface area contributed by atoms with Gasteiger partial charge in [0.25, 0.3) is 5.56 Å². The van der Waals surface area contributed by atoms with Gasteiger partial charge in [-0.05, 0) is 85.7 Å². The van der Waals surface area contributed by atoms with Crippen LogP contribution in [0.3, 0.4) is 0 Å². The zero-order valence-electron chi connectivity index (χ0n) is 19.2. The Bertz CT molecular complexity index is 1160. The molecule has 170 valence electrons. The first-order chi connectivity index (χ1) is 15.5. The number of tetrazole rings is 1. The fourth-order valence-corrected chi connectivity index (χ4v) is 5.37. The highest BCUT2D eigenvalue weighted by molar-refractivity contribution is 5.83. The highest BCUT2D eigenvalue weighted by atomic mass is 16.5. The van der Waals surface area contributed by atoms with Gasteiger partial charge in [0, 0.05) is 29.6 Å². The van der Waals surface area contributed by atoms with Crippen molar-refractivity contribution in [2.24, 2.45) is 5.92 Å². The van der Waals surface area contributed by atoms with E-state index in [0.29, 0.717) is 18.0 Å². The number of nitrogens with zero attached hydrogens (tertiary/aromatic N) is 5. The summed E-state index contributed by atoms with van der Waals surface area (Å²) in [4.78, 5) is 18.9. The molecule has 2 fully saturated rings. The number of fused-ring (bicyclic) bond motifs is 1. The third kappa shape index (κ3) is 4.09. The molecule has 8 nitrogen and oxygen atoms in total. The smallest absolute Gasteiger partial charge is 0.253 e. The van der Waals surface area contributed by atoms with Crippen molar-refractivity contribution in [1.29, 1.82) is 0 Å². The summed E-state index contributed by atoms with van der Waals surface area (Å²) in [5.41, 5.74) is 3.81. The van der Waals surface area contributed by atoms with Gasteiger partial charge in [0.1, 0.15) is 6.04 Å². The number of hydrogen-bond donors (Lipinski definition) is 1. The highest BCUT2D eigenvalue weighted by Crippen LogP contribution is 2.32. The number of pyridine rings is 1. The Balaban J connectivity index is 1.62. The van der Waals surface area contributed by atoms with Crippen LogP contribution in [0.1, 0.15) is 61.2 Å². The molecule has 1 aromatic carbocycles. The number of ether oxygens (including phenoxy) is 1. The van der Waals surface area contributed by atoms with E-state index in [1.165, 1.54) is 6.42 Å². The molecule has 0 unspecified atom stereocenters. The van der Waals surface area contributed by atoms with Crippen molar-refractivity contribution in [3.05, 3.63) is 51.1 Å². The van der Waals surface area contributed by atoms with Crippen molar-refractivity contribution in [3.63, 3.8) is 0 Å². The first kappa shape index (κ1) is 21.3. The summed E-state index contributed by atoms with van der Waals surface area (Å²) in [5.74, 6) is 1.29. The quantitative estimate of drug-likeness (QED) is 0.661. The lowest BCUT2D eigenvalue weighted by atomic mass is 9.95. The van der Waals surface area contributed by atoms with Crippen LogP contribution in [0.25, 0.3) is 10.9 Å². The van der Waals surface area contributed by atoms with Crippen LogP contribution in [0.15, 0.2) is 23.0 Å². The Kier molecular flexibility index (Phi) is 5.82. The number of benzene rings is 1. The molecule has 0 bridgehead atoms. The molecule has 2 saturated heterocycles. The lowest BCUT2D eigenvalue weighted by Crippen LogP contribution is -2.41. The minimum Gasteiger partial charge on any atom is -0.376 e. The maximum absolute atomic E-state index is 13.4. The van der Waals surface area contributed by atoms with Crippen molar-refractivity contribution < 1.29 is 4.74 Å². The standard InChI is InChI=1S/C24H32N6O2/c1-15-6-4-8-29(13-15)22(23-26-27-28-30(23)14-18-7-5-9-32-18)20-12-19-17(3)10-16(2)11-21(19)25-24(20)31/h10-12,15,18,22H,4-9,13-14H2,1-3H3,(H,25,31)/t15-,18-,22-/m0/s1. The number of aryl methyl sites for hydroxylation is 2. The minimum absolute atomic E-state index is 0.0719. The molecule has 2 aromatic heterocycles. The third-order valence-corrected chi connectivity index (χ3v) is 6.89. The van der Waals surface area contributed by atoms with E-state index in [9.17, 15) is 4.79 Å². The van der Waals surface area contributed by atoms with Crippen LogP contribution >= 0.6 is 0 Å². The predicted octanol–water partition coefficient (Wildman–Crippen LogP) is 3.13. The van der Waals surface area contributed by atoms with Gasteiger partial charge in [0.05, 0.1) is 12.6 Å². The van der Waals surface area contributed by atoms with Gasteiger partial charge >= 0.3 is 0 Å². The topological polar surface area (TPSA) is 88.9 Å². The van der Waals surface area contributed by atoms with Crippen molar-refractivity contribution in [3.8, 4) is 0 Å². The predicted molar refractivity (Wildman–Crippen MR) is 123 cm³/mol. The highest BCUT2D eigenvalue weighted by Gasteiger charge is 2.33. The van der Waals surface area contributed by atoms with Crippen molar-refractivity contribution in [1.82, 2.24) is 30.1 Å². The summed E-state index contributed by atoms with van der Waals surface area (Å²) in [7, 11) is 0. The van der Waals surface area contributed by atoms with E-state index >= 15 is 0 Å². The first-order valence-electron chi connectivity index (χ1n) is 11.8. The van der Waals surface area contributed by atoms with Crippen molar-refractivity contribution >= 4 is 10.9 Å². The number of nitrogens with one attached hydrogen (secondary N) is 1. The number of piperidine rings is 1. The van der Waals surface area contributed by atoms with E-state index in [1.54, 1.807) is 0 Å². The second kappa shape index (κ2) is 8.75. The molecular formula is C24H32N6O2. The molecular weight excluding hydrogens is 404 g/mol. The van der Waals surface area contributed by atoms with Gasteiger partial charge in [-0.25, -0.2) is 4.68 Å². The minimum atomic E-state index is -0.289. The van der Waals surface area contributed by atoms with Crippen molar-refractivity contribution in [2.75, 3.05) is 19.7 Å². The van der Waals surface area contributed by atoms with Gasteiger partial charge in [-0.2, -0.15) is 0 Å². The summed E-state index contributed by atoms with van der Waals surface area (Å²) in [6.07, 6.45) is 4.52. The zero-order chi connectivity index (χ0) is 22.2. The Morgan fingerprint density at radius 3 is 2.88 bits per heavy atom. The molecule has 0 radical (unpaired) electrons. The number of hydrogen-bond acceptors (Lipinski definition) is 6. The summed E-state index contributed by atoms with van der Waals surface area (Å²) in [5, 5.41) is 13.8. The monoisotopic (exact) mass is 436 g/mol. The number of likely N-dealkylation sites (tertiary alicyclic amines) is 1. The van der Waals surface area contributed by atoms with Crippen molar-refractivity contribution in [2.45, 2.75) is 65.1 Å². The zero-order valence-corrected chi connectivity index (χ0v) is 19.2. The molecule has 8 heteroatoms. The lowest BCUT2D eigenvalue weighted by molar-refractivity contribution is 0.0889. The second-order valence-corrected chi connectivity index (χ2v) is 9.60. The number of rotatable bonds is 5. The van der Waals surface area contributed by atoms with E-state index in [1.807, 2.05) is 10.7 Å². The molecule has 1 N–H and O–H groups in total. The van der Waals surface area contributed by atoms with Gasteiger partial charge in [0.15, 0.2) is 5.82 Å². The third-order valence-electron chi connectivity index (χ3n) is 6.89. The summed E-state index contributed by atoms with van der Waals surface area (Å²) in [6, 6.07) is 5.96. The summed E-state index contributed by atoms with van der Waals surface area (Å²) < 4.78 is 7.69. The Morgan fingerprint density at radius 1 is 1.22 bits per heavy atom. The average molecular weight is 437 g/mol. The molecule has 2 aliphatic heterocycles. The SMILES string of the molecule is Cc1cc(C)c2cc([C@@H](c3nnnn3C[C@@H]3CCCO3)N3CCC[C@H](C)C3)c(=O)[nH]c2c1. The van der Waals surface area contributed by atoms with Crippen LogP contribution in [-0.2, 0) is 11.3 Å². The van der Waals surface area contributed by atoms with Crippen LogP contribution in [-0.4, -0.2) is 55.9 Å². The second-order valence-electron chi connectivity index (χ2n) is 9.60. The van der Waals surface area contributed by atoms with E-state index in [4.69, 9.17) is 4.74 Å². The maximum Gasteiger partial charge on any atom is 0.253 e. The van der Waals surface area contributed by atoms with Gasteiger partial charge < -0.3 is 9.72 Å². The molecule has 2 aliphatic rings. The summed E-state index contributed by atoms with van der Waals surface area (Å²) >= 11 is 0. The molecule has 3 aromatic rings. The average Bonchev–Trinajstić information content (AvgIpc) is 3.42. The molecule has 4 heterocycles. The van der Waals surface area contributed by atoms with Gasteiger partial charge in [-0.3, -0.25) is 9.69 Å². The Hall–Kier alpha value is -2.58. The van der Waals surface area contributed by atoms with Crippen LogP contribution in [0.5, 0.6) is 0 Å². The molecule has 0 amide bonds. The molecule has 0 aliphatic carbocycles.